The second kappa shape index (κ2) is 4.33. The average molecular weight is 225 g/mol. The van der Waals surface area contributed by atoms with Crippen molar-refractivity contribution in [1.29, 1.82) is 0 Å². The second-order valence-electron chi connectivity index (χ2n) is 3.97. The van der Waals surface area contributed by atoms with Gasteiger partial charge in [-0.1, -0.05) is 0 Å². The van der Waals surface area contributed by atoms with Gasteiger partial charge in [0.2, 0.25) is 0 Å². The van der Waals surface area contributed by atoms with E-state index in [0.717, 1.165) is 36.2 Å². The highest BCUT2D eigenvalue weighted by Crippen LogP contribution is 2.28. The largest absolute Gasteiger partial charge is 0.391 e. The summed E-state index contributed by atoms with van der Waals surface area (Å²) in [6, 6.07) is 2.04. The predicted molar refractivity (Wildman–Crippen MR) is 61.8 cm³/mol. The highest BCUT2D eigenvalue weighted by Gasteiger charge is 2.26. The minimum Gasteiger partial charge on any atom is -0.391 e. The molecule has 1 saturated heterocycles. The van der Waals surface area contributed by atoms with Gasteiger partial charge in [0, 0.05) is 17.6 Å². The first-order valence-electron chi connectivity index (χ1n) is 5.21. The molecule has 0 aromatic carbocycles. The van der Waals surface area contributed by atoms with Gasteiger partial charge < -0.3 is 10.0 Å². The SMILES string of the molecule is C[C@@H]1[C@H](O)CCCN1c1csc(C=O)c1. The van der Waals surface area contributed by atoms with Crippen molar-refractivity contribution in [3.63, 3.8) is 0 Å². The molecule has 0 unspecified atom stereocenters. The van der Waals surface area contributed by atoms with Crippen molar-refractivity contribution >= 4 is 23.3 Å². The molecule has 2 heterocycles. The number of hydrogen-bond acceptors (Lipinski definition) is 4. The average Bonchev–Trinajstić information content (AvgIpc) is 2.70. The first-order chi connectivity index (χ1) is 7.22. The van der Waals surface area contributed by atoms with Crippen LogP contribution in [0.5, 0.6) is 0 Å². The maximum absolute atomic E-state index is 10.6. The number of carbonyl (C=O) groups excluding carboxylic acids is 1. The molecule has 0 saturated carbocycles. The van der Waals surface area contributed by atoms with Crippen molar-refractivity contribution in [2.75, 3.05) is 11.4 Å². The van der Waals surface area contributed by atoms with Crippen LogP contribution >= 0.6 is 11.3 Å². The summed E-state index contributed by atoms with van der Waals surface area (Å²) in [6.45, 7) is 3.00. The topological polar surface area (TPSA) is 40.5 Å². The molecule has 2 atom stereocenters. The summed E-state index contributed by atoms with van der Waals surface area (Å²) in [5.41, 5.74) is 1.06. The van der Waals surface area contributed by atoms with Gasteiger partial charge in [0.15, 0.2) is 6.29 Å². The summed E-state index contributed by atoms with van der Waals surface area (Å²) in [6.07, 6.45) is 2.51. The number of hydrogen-bond donors (Lipinski definition) is 1. The van der Waals surface area contributed by atoms with E-state index >= 15 is 0 Å². The van der Waals surface area contributed by atoms with Gasteiger partial charge >= 0.3 is 0 Å². The number of piperidine rings is 1. The molecule has 82 valence electrons. The Balaban J connectivity index is 2.18. The Hall–Kier alpha value is -0.870. The fraction of sp³-hybridized carbons (Fsp3) is 0.545. The van der Waals surface area contributed by atoms with E-state index in [4.69, 9.17) is 0 Å². The van der Waals surface area contributed by atoms with E-state index in [1.807, 2.05) is 18.4 Å². The van der Waals surface area contributed by atoms with Crippen LogP contribution in [0.2, 0.25) is 0 Å². The summed E-state index contributed by atoms with van der Waals surface area (Å²) in [5, 5.41) is 11.8. The minimum absolute atomic E-state index is 0.146. The molecule has 1 N–H and O–H groups in total. The number of anilines is 1. The third kappa shape index (κ3) is 2.06. The number of aliphatic hydroxyl groups excluding tert-OH is 1. The summed E-state index contributed by atoms with van der Waals surface area (Å²) in [7, 11) is 0. The number of aldehydes is 1. The molecular weight excluding hydrogens is 210 g/mol. The molecule has 1 aliphatic rings. The number of rotatable bonds is 2. The van der Waals surface area contributed by atoms with Gasteiger partial charge in [-0.25, -0.2) is 0 Å². The van der Waals surface area contributed by atoms with Crippen molar-refractivity contribution in [3.8, 4) is 0 Å². The fourth-order valence-corrected chi connectivity index (χ4v) is 2.75. The van der Waals surface area contributed by atoms with Gasteiger partial charge in [-0.05, 0) is 25.8 Å². The Morgan fingerprint density at radius 1 is 1.67 bits per heavy atom. The molecule has 0 bridgehead atoms. The van der Waals surface area contributed by atoms with Crippen LogP contribution in [0.15, 0.2) is 11.4 Å². The van der Waals surface area contributed by atoms with Crippen molar-refractivity contribution in [1.82, 2.24) is 0 Å². The Bertz CT molecular complexity index is 350. The number of nitrogens with zero attached hydrogens (tertiary/aromatic N) is 1. The van der Waals surface area contributed by atoms with Gasteiger partial charge in [0.05, 0.1) is 17.0 Å². The lowest BCUT2D eigenvalue weighted by Gasteiger charge is -2.38. The van der Waals surface area contributed by atoms with Crippen molar-refractivity contribution in [2.45, 2.75) is 31.9 Å². The smallest absolute Gasteiger partial charge is 0.160 e. The van der Waals surface area contributed by atoms with Crippen LogP contribution in [0, 0.1) is 0 Å². The molecule has 3 nitrogen and oxygen atoms in total. The Labute approximate surface area is 93.3 Å². The van der Waals surface area contributed by atoms with Crippen molar-refractivity contribution in [2.24, 2.45) is 0 Å². The highest BCUT2D eigenvalue weighted by atomic mass is 32.1. The molecule has 0 amide bonds. The van der Waals surface area contributed by atoms with Gasteiger partial charge in [-0.2, -0.15) is 0 Å². The number of aliphatic hydroxyl groups is 1. The monoisotopic (exact) mass is 225 g/mol. The van der Waals surface area contributed by atoms with Gasteiger partial charge in [-0.3, -0.25) is 4.79 Å². The van der Waals surface area contributed by atoms with E-state index in [-0.39, 0.29) is 12.1 Å². The van der Waals surface area contributed by atoms with Gasteiger partial charge in [0.25, 0.3) is 0 Å². The van der Waals surface area contributed by atoms with Crippen LogP contribution in [-0.4, -0.2) is 30.1 Å². The molecule has 0 spiro atoms. The molecule has 0 aliphatic carbocycles. The van der Waals surface area contributed by atoms with E-state index in [0.29, 0.717) is 0 Å². The lowest BCUT2D eigenvalue weighted by Crippen LogP contribution is -2.46. The maximum atomic E-state index is 10.6. The molecule has 2 rings (SSSR count). The van der Waals surface area contributed by atoms with Crippen LogP contribution in [0.25, 0.3) is 0 Å². The molecule has 1 aromatic heterocycles. The highest BCUT2D eigenvalue weighted by molar-refractivity contribution is 7.12. The van der Waals surface area contributed by atoms with Gasteiger partial charge in [0.1, 0.15) is 0 Å². The zero-order valence-electron chi connectivity index (χ0n) is 8.72. The van der Waals surface area contributed by atoms with Crippen LogP contribution in [-0.2, 0) is 0 Å². The van der Waals surface area contributed by atoms with E-state index in [1.165, 1.54) is 11.3 Å². The van der Waals surface area contributed by atoms with Gasteiger partial charge in [-0.15, -0.1) is 11.3 Å². The molecule has 1 fully saturated rings. The first kappa shape index (κ1) is 10.6. The first-order valence-corrected chi connectivity index (χ1v) is 6.09. The van der Waals surface area contributed by atoms with Crippen molar-refractivity contribution in [3.05, 3.63) is 16.3 Å². The fourth-order valence-electron chi connectivity index (χ4n) is 2.04. The quantitative estimate of drug-likeness (QED) is 0.782. The van der Waals surface area contributed by atoms with E-state index in [1.54, 1.807) is 0 Å². The minimum atomic E-state index is -0.252. The van der Waals surface area contributed by atoms with E-state index in [9.17, 15) is 9.90 Å². The zero-order chi connectivity index (χ0) is 10.8. The standard InChI is InChI=1S/C11H15NO2S/c1-8-11(14)3-2-4-12(8)9-5-10(6-13)15-7-9/h5-8,11,14H,2-4H2,1H3/t8-,11-/m1/s1. The van der Waals surface area contributed by atoms with Crippen LogP contribution in [0.3, 0.4) is 0 Å². The van der Waals surface area contributed by atoms with Crippen LogP contribution in [0.1, 0.15) is 29.4 Å². The lowest BCUT2D eigenvalue weighted by atomic mass is 10.00. The van der Waals surface area contributed by atoms with E-state index in [2.05, 4.69) is 4.90 Å². The van der Waals surface area contributed by atoms with Crippen LogP contribution in [0.4, 0.5) is 5.69 Å². The van der Waals surface area contributed by atoms with E-state index < -0.39 is 0 Å². The molecule has 1 aromatic rings. The Kier molecular flexibility index (Phi) is 3.07. The number of carbonyl (C=O) groups is 1. The van der Waals surface area contributed by atoms with Crippen molar-refractivity contribution < 1.29 is 9.90 Å². The zero-order valence-corrected chi connectivity index (χ0v) is 9.54. The Morgan fingerprint density at radius 2 is 2.47 bits per heavy atom. The third-order valence-electron chi connectivity index (χ3n) is 3.00. The summed E-state index contributed by atoms with van der Waals surface area (Å²) in [5.74, 6) is 0. The molecule has 0 radical (unpaired) electrons. The summed E-state index contributed by atoms with van der Waals surface area (Å²) >= 11 is 1.46. The predicted octanol–water partition coefficient (Wildman–Crippen LogP) is 1.91. The Morgan fingerprint density at radius 3 is 3.13 bits per heavy atom. The third-order valence-corrected chi connectivity index (χ3v) is 3.85. The molecule has 4 heteroatoms. The lowest BCUT2D eigenvalue weighted by molar-refractivity contribution is 0.112. The number of thiophene rings is 1. The summed E-state index contributed by atoms with van der Waals surface area (Å²) < 4.78 is 0. The molecule has 15 heavy (non-hydrogen) atoms. The second-order valence-corrected chi connectivity index (χ2v) is 4.91. The molecular formula is C11H15NO2S. The van der Waals surface area contributed by atoms with Crippen LogP contribution < -0.4 is 4.90 Å². The normalized spacial score (nSPS) is 26.7. The summed E-state index contributed by atoms with van der Waals surface area (Å²) in [4.78, 5) is 13.5. The molecule has 1 aliphatic heterocycles. The maximum Gasteiger partial charge on any atom is 0.160 e.